The molecule has 6 nitrogen and oxygen atoms in total. The second-order valence-corrected chi connectivity index (χ2v) is 8.56. The summed E-state index contributed by atoms with van der Waals surface area (Å²) in [6, 6.07) is 17.0. The van der Waals surface area contributed by atoms with Crippen molar-refractivity contribution in [2.45, 2.75) is 46.3 Å². The highest BCUT2D eigenvalue weighted by Gasteiger charge is 2.16. The van der Waals surface area contributed by atoms with Crippen LogP contribution in [0.15, 0.2) is 65.4 Å². The Kier molecular flexibility index (Phi) is 6.71. The van der Waals surface area contributed by atoms with Gasteiger partial charge in [0.1, 0.15) is 6.26 Å². The Morgan fingerprint density at radius 3 is 2.81 bits per heavy atom. The number of para-hydroxylation sites is 1. The maximum atomic E-state index is 12.2. The fourth-order valence-corrected chi connectivity index (χ4v) is 3.91. The van der Waals surface area contributed by atoms with E-state index in [2.05, 4.69) is 75.8 Å². The highest BCUT2D eigenvalue weighted by atomic mass is 16.3. The van der Waals surface area contributed by atoms with E-state index in [1.807, 2.05) is 19.9 Å². The van der Waals surface area contributed by atoms with Crippen molar-refractivity contribution in [1.82, 2.24) is 20.2 Å². The fourth-order valence-electron chi connectivity index (χ4n) is 3.91. The van der Waals surface area contributed by atoms with Crippen LogP contribution >= 0.6 is 0 Å². The number of rotatable bonds is 9. The van der Waals surface area contributed by atoms with E-state index in [1.54, 1.807) is 0 Å². The van der Waals surface area contributed by atoms with Crippen LogP contribution in [-0.2, 0) is 19.5 Å². The molecule has 2 heterocycles. The molecular formula is C26H30N4O2. The van der Waals surface area contributed by atoms with Crippen LogP contribution in [0, 0.1) is 6.92 Å². The lowest BCUT2D eigenvalue weighted by atomic mass is 10.1. The number of nitrogens with one attached hydrogen (secondary N) is 2. The van der Waals surface area contributed by atoms with E-state index in [4.69, 9.17) is 4.42 Å². The SMILES string of the molecule is Cc1cccc(CN(CCc2c[nH]c3ccccc23)Cc2nc(C(=O)NC(C)C)co2)c1. The van der Waals surface area contributed by atoms with Gasteiger partial charge in [-0.2, -0.15) is 0 Å². The third kappa shape index (κ3) is 5.45. The van der Waals surface area contributed by atoms with Crippen molar-refractivity contribution in [3.05, 3.63) is 89.3 Å². The van der Waals surface area contributed by atoms with Gasteiger partial charge in [0.05, 0.1) is 6.54 Å². The smallest absolute Gasteiger partial charge is 0.273 e. The van der Waals surface area contributed by atoms with E-state index in [0.29, 0.717) is 18.1 Å². The molecule has 0 saturated carbocycles. The normalized spacial score (nSPS) is 11.5. The molecule has 0 bridgehead atoms. The van der Waals surface area contributed by atoms with Crippen LogP contribution in [0.4, 0.5) is 0 Å². The number of hydrogen-bond donors (Lipinski definition) is 2. The Hall–Kier alpha value is -3.38. The van der Waals surface area contributed by atoms with Crippen LogP contribution in [0.3, 0.4) is 0 Å². The lowest BCUT2D eigenvalue weighted by Gasteiger charge is -2.21. The van der Waals surface area contributed by atoms with Crippen molar-refractivity contribution in [2.75, 3.05) is 6.54 Å². The van der Waals surface area contributed by atoms with Gasteiger partial charge >= 0.3 is 0 Å². The number of carbonyl (C=O) groups is 1. The molecule has 0 aliphatic rings. The lowest BCUT2D eigenvalue weighted by molar-refractivity contribution is 0.0938. The number of aromatic amines is 1. The molecule has 1 amide bonds. The van der Waals surface area contributed by atoms with Gasteiger partial charge in [0.25, 0.3) is 5.91 Å². The van der Waals surface area contributed by atoms with Crippen molar-refractivity contribution in [3.8, 4) is 0 Å². The first-order valence-electron chi connectivity index (χ1n) is 11.1. The molecule has 32 heavy (non-hydrogen) atoms. The molecule has 2 aromatic heterocycles. The molecule has 0 spiro atoms. The molecule has 4 aromatic rings. The maximum Gasteiger partial charge on any atom is 0.273 e. The predicted octanol–water partition coefficient (Wildman–Crippen LogP) is 4.85. The molecular weight excluding hydrogens is 400 g/mol. The zero-order chi connectivity index (χ0) is 22.5. The minimum atomic E-state index is -0.209. The molecule has 6 heteroatoms. The monoisotopic (exact) mass is 430 g/mol. The Morgan fingerprint density at radius 2 is 2.00 bits per heavy atom. The van der Waals surface area contributed by atoms with Crippen LogP contribution < -0.4 is 5.32 Å². The predicted molar refractivity (Wildman–Crippen MR) is 126 cm³/mol. The van der Waals surface area contributed by atoms with Gasteiger partial charge in [-0.3, -0.25) is 9.69 Å². The van der Waals surface area contributed by atoms with E-state index in [0.717, 1.165) is 25.0 Å². The van der Waals surface area contributed by atoms with Gasteiger partial charge in [0.15, 0.2) is 5.69 Å². The van der Waals surface area contributed by atoms with Gasteiger partial charge in [-0.1, -0.05) is 48.0 Å². The summed E-state index contributed by atoms with van der Waals surface area (Å²) in [6.07, 6.45) is 4.43. The Balaban J connectivity index is 1.50. The van der Waals surface area contributed by atoms with Gasteiger partial charge in [0.2, 0.25) is 5.89 Å². The van der Waals surface area contributed by atoms with Crippen molar-refractivity contribution in [2.24, 2.45) is 0 Å². The van der Waals surface area contributed by atoms with Crippen LogP contribution in [0.2, 0.25) is 0 Å². The summed E-state index contributed by atoms with van der Waals surface area (Å²) < 4.78 is 5.65. The molecule has 0 saturated heterocycles. The Bertz CT molecular complexity index is 1190. The first-order valence-corrected chi connectivity index (χ1v) is 11.1. The number of oxazole rings is 1. The summed E-state index contributed by atoms with van der Waals surface area (Å²) in [5, 5.41) is 4.11. The summed E-state index contributed by atoms with van der Waals surface area (Å²) in [5.74, 6) is 0.338. The fraction of sp³-hybridized carbons (Fsp3) is 0.308. The molecule has 166 valence electrons. The molecule has 0 radical (unpaired) electrons. The first kappa shape index (κ1) is 21.8. The number of amides is 1. The molecule has 2 aromatic carbocycles. The third-order valence-corrected chi connectivity index (χ3v) is 5.42. The number of carbonyl (C=O) groups excluding carboxylic acids is 1. The standard InChI is InChI=1S/C26H30N4O2/c1-18(2)28-26(31)24-17-32-25(29-24)16-30(15-20-8-6-7-19(3)13-20)12-11-21-14-27-23-10-5-4-9-22(21)23/h4-10,13-14,17-18,27H,11-12,15-16H2,1-3H3,(H,28,31). The lowest BCUT2D eigenvalue weighted by Crippen LogP contribution is -2.30. The quantitative estimate of drug-likeness (QED) is 0.398. The van der Waals surface area contributed by atoms with Crippen molar-refractivity contribution in [3.63, 3.8) is 0 Å². The van der Waals surface area contributed by atoms with Crippen molar-refractivity contribution < 1.29 is 9.21 Å². The second kappa shape index (κ2) is 9.83. The molecule has 2 N–H and O–H groups in total. The van der Waals surface area contributed by atoms with E-state index in [1.165, 1.54) is 28.3 Å². The third-order valence-electron chi connectivity index (χ3n) is 5.42. The summed E-state index contributed by atoms with van der Waals surface area (Å²) in [7, 11) is 0. The topological polar surface area (TPSA) is 74.2 Å². The molecule has 4 rings (SSSR count). The highest BCUT2D eigenvalue weighted by molar-refractivity contribution is 5.92. The number of nitrogens with zero attached hydrogens (tertiary/aromatic N) is 2. The summed E-state index contributed by atoms with van der Waals surface area (Å²) in [4.78, 5) is 22.3. The number of fused-ring (bicyclic) bond motifs is 1. The van der Waals surface area contributed by atoms with Crippen LogP contribution in [0.25, 0.3) is 10.9 Å². The minimum Gasteiger partial charge on any atom is -0.447 e. The van der Waals surface area contributed by atoms with Crippen LogP contribution in [0.5, 0.6) is 0 Å². The first-order chi connectivity index (χ1) is 15.5. The summed E-state index contributed by atoms with van der Waals surface area (Å²) >= 11 is 0. The van der Waals surface area contributed by atoms with E-state index < -0.39 is 0 Å². The zero-order valence-corrected chi connectivity index (χ0v) is 18.9. The number of aryl methyl sites for hydroxylation is 1. The van der Waals surface area contributed by atoms with Gasteiger partial charge in [-0.15, -0.1) is 0 Å². The average Bonchev–Trinajstić information content (AvgIpc) is 3.39. The minimum absolute atomic E-state index is 0.0524. The van der Waals surface area contributed by atoms with Crippen molar-refractivity contribution >= 4 is 16.8 Å². The molecule has 0 atom stereocenters. The van der Waals surface area contributed by atoms with Crippen molar-refractivity contribution in [1.29, 1.82) is 0 Å². The molecule has 0 fully saturated rings. The number of benzene rings is 2. The number of H-pyrrole nitrogens is 1. The largest absolute Gasteiger partial charge is 0.447 e. The maximum absolute atomic E-state index is 12.2. The van der Waals surface area contributed by atoms with E-state index in [-0.39, 0.29) is 11.9 Å². The van der Waals surface area contributed by atoms with Crippen LogP contribution in [0.1, 0.15) is 46.9 Å². The second-order valence-electron chi connectivity index (χ2n) is 8.56. The molecule has 0 aliphatic carbocycles. The van der Waals surface area contributed by atoms with E-state index >= 15 is 0 Å². The summed E-state index contributed by atoms with van der Waals surface area (Å²) in [6.45, 7) is 8.10. The van der Waals surface area contributed by atoms with Gasteiger partial charge in [-0.05, 0) is 44.4 Å². The number of aromatic nitrogens is 2. The van der Waals surface area contributed by atoms with Gasteiger partial charge < -0.3 is 14.7 Å². The molecule has 0 aliphatic heterocycles. The van der Waals surface area contributed by atoms with Crippen LogP contribution in [-0.4, -0.2) is 33.4 Å². The zero-order valence-electron chi connectivity index (χ0n) is 18.9. The van der Waals surface area contributed by atoms with Gasteiger partial charge in [-0.25, -0.2) is 4.98 Å². The van der Waals surface area contributed by atoms with Gasteiger partial charge in [0, 0.05) is 36.2 Å². The Labute approximate surface area is 188 Å². The number of hydrogen-bond acceptors (Lipinski definition) is 4. The van der Waals surface area contributed by atoms with E-state index in [9.17, 15) is 4.79 Å². The Morgan fingerprint density at radius 1 is 1.16 bits per heavy atom. The molecule has 0 unspecified atom stereocenters. The summed E-state index contributed by atoms with van der Waals surface area (Å²) in [5.41, 5.74) is 5.25. The highest BCUT2D eigenvalue weighted by Crippen LogP contribution is 2.19. The average molecular weight is 431 g/mol.